The van der Waals surface area contributed by atoms with Gasteiger partial charge < -0.3 is 15.5 Å². The lowest BCUT2D eigenvalue weighted by molar-refractivity contribution is 0.651. The number of nitrogens with two attached hydrogens (primary N) is 1. The molecule has 0 bridgehead atoms. The molecule has 0 aliphatic carbocycles. The largest absolute Gasteiger partial charge is 0.368 e. The topological polar surface area (TPSA) is 45.4 Å². The van der Waals surface area contributed by atoms with E-state index in [1.165, 1.54) is 5.69 Å². The van der Waals surface area contributed by atoms with E-state index in [9.17, 15) is 0 Å². The van der Waals surface area contributed by atoms with Gasteiger partial charge in [-0.1, -0.05) is 18.2 Å². The van der Waals surface area contributed by atoms with Gasteiger partial charge in [-0.05, 0) is 12.1 Å². The molecule has 0 amide bonds. The molecule has 0 radical (unpaired) electrons. The summed E-state index contributed by atoms with van der Waals surface area (Å²) in [5, 5.41) is 3.16. The Hall–Kier alpha value is -1.59. The van der Waals surface area contributed by atoms with Crippen molar-refractivity contribution in [3.05, 3.63) is 41.4 Å². The second kappa shape index (κ2) is 5.59. The Morgan fingerprint density at radius 2 is 1.74 bits per heavy atom. The fourth-order valence-corrected chi connectivity index (χ4v) is 3.22. The van der Waals surface area contributed by atoms with Crippen molar-refractivity contribution in [2.75, 3.05) is 36.0 Å². The van der Waals surface area contributed by atoms with E-state index >= 15 is 0 Å². The zero-order valence-corrected chi connectivity index (χ0v) is 11.6. The SMILES string of the molecule is NCc1csc(N2CCN(c3ccccc3)CC2)n1. The van der Waals surface area contributed by atoms with Crippen molar-refractivity contribution < 1.29 is 0 Å². The highest BCUT2D eigenvalue weighted by Gasteiger charge is 2.19. The maximum absolute atomic E-state index is 5.61. The fraction of sp³-hybridized carbons (Fsp3) is 0.357. The summed E-state index contributed by atoms with van der Waals surface area (Å²) in [6, 6.07) is 10.6. The standard InChI is InChI=1S/C14H18N4S/c15-10-12-11-19-14(16-12)18-8-6-17(7-9-18)13-4-2-1-3-5-13/h1-5,11H,6-10,15H2. The van der Waals surface area contributed by atoms with E-state index in [0.29, 0.717) is 6.54 Å². The van der Waals surface area contributed by atoms with Crippen LogP contribution in [0.4, 0.5) is 10.8 Å². The second-order valence-corrected chi connectivity index (χ2v) is 5.47. The minimum absolute atomic E-state index is 0.528. The lowest BCUT2D eigenvalue weighted by Crippen LogP contribution is -2.46. The van der Waals surface area contributed by atoms with Crippen LogP contribution >= 0.6 is 11.3 Å². The molecular formula is C14H18N4S. The van der Waals surface area contributed by atoms with Crippen molar-refractivity contribution in [2.24, 2.45) is 5.73 Å². The molecule has 19 heavy (non-hydrogen) atoms. The molecule has 1 fully saturated rings. The van der Waals surface area contributed by atoms with Gasteiger partial charge in [0.2, 0.25) is 0 Å². The Morgan fingerprint density at radius 1 is 1.05 bits per heavy atom. The molecular weight excluding hydrogens is 256 g/mol. The zero-order valence-electron chi connectivity index (χ0n) is 10.8. The van der Waals surface area contributed by atoms with E-state index in [2.05, 4.69) is 50.5 Å². The van der Waals surface area contributed by atoms with Crippen molar-refractivity contribution in [3.63, 3.8) is 0 Å². The number of hydrogen-bond acceptors (Lipinski definition) is 5. The van der Waals surface area contributed by atoms with Crippen LogP contribution in [0.3, 0.4) is 0 Å². The summed E-state index contributed by atoms with van der Waals surface area (Å²) in [4.78, 5) is 9.33. The summed E-state index contributed by atoms with van der Waals surface area (Å²) in [5.41, 5.74) is 7.91. The van der Waals surface area contributed by atoms with Gasteiger partial charge in [0, 0.05) is 43.8 Å². The summed E-state index contributed by atoms with van der Waals surface area (Å²) in [7, 11) is 0. The Kier molecular flexibility index (Phi) is 3.66. The summed E-state index contributed by atoms with van der Waals surface area (Å²) < 4.78 is 0. The normalized spacial score (nSPS) is 15.8. The average molecular weight is 274 g/mol. The smallest absolute Gasteiger partial charge is 0.185 e. The van der Waals surface area contributed by atoms with E-state index in [-0.39, 0.29) is 0 Å². The van der Waals surface area contributed by atoms with Crippen molar-refractivity contribution in [2.45, 2.75) is 6.54 Å². The third-order valence-electron chi connectivity index (χ3n) is 3.42. The molecule has 0 atom stereocenters. The molecule has 1 aromatic carbocycles. The highest BCUT2D eigenvalue weighted by molar-refractivity contribution is 7.13. The maximum atomic E-state index is 5.61. The maximum Gasteiger partial charge on any atom is 0.185 e. The minimum Gasteiger partial charge on any atom is -0.368 e. The average Bonchev–Trinajstić information content (AvgIpc) is 2.97. The van der Waals surface area contributed by atoms with E-state index in [1.807, 2.05) is 0 Å². The summed E-state index contributed by atoms with van der Waals surface area (Å²) in [6.45, 7) is 4.66. The van der Waals surface area contributed by atoms with Gasteiger partial charge in [-0.15, -0.1) is 11.3 Å². The highest BCUT2D eigenvalue weighted by Crippen LogP contribution is 2.23. The molecule has 1 aliphatic heterocycles. The Morgan fingerprint density at radius 3 is 2.37 bits per heavy atom. The first kappa shape index (κ1) is 12.4. The third-order valence-corrected chi connectivity index (χ3v) is 4.37. The number of hydrogen-bond donors (Lipinski definition) is 1. The Bertz CT molecular complexity index is 517. The van der Waals surface area contributed by atoms with E-state index in [0.717, 1.165) is 37.0 Å². The van der Waals surface area contributed by atoms with Gasteiger partial charge >= 0.3 is 0 Å². The van der Waals surface area contributed by atoms with Crippen LogP contribution in [0.25, 0.3) is 0 Å². The molecule has 0 unspecified atom stereocenters. The Balaban J connectivity index is 1.63. The molecule has 0 spiro atoms. The van der Waals surface area contributed by atoms with Gasteiger partial charge in [0.05, 0.1) is 5.69 Å². The van der Waals surface area contributed by atoms with Crippen LogP contribution in [-0.2, 0) is 6.54 Å². The number of para-hydroxylation sites is 1. The number of piperazine rings is 1. The van der Waals surface area contributed by atoms with Crippen LogP contribution in [-0.4, -0.2) is 31.2 Å². The van der Waals surface area contributed by atoms with Crippen LogP contribution < -0.4 is 15.5 Å². The van der Waals surface area contributed by atoms with Crippen molar-refractivity contribution >= 4 is 22.2 Å². The first-order chi connectivity index (χ1) is 9.36. The summed E-state index contributed by atoms with van der Waals surface area (Å²) in [5.74, 6) is 0. The van der Waals surface area contributed by atoms with Gasteiger partial charge in [-0.2, -0.15) is 0 Å². The van der Waals surface area contributed by atoms with E-state index < -0.39 is 0 Å². The van der Waals surface area contributed by atoms with Crippen molar-refractivity contribution in [3.8, 4) is 0 Å². The number of rotatable bonds is 3. The molecule has 1 aromatic heterocycles. The third kappa shape index (κ3) is 2.72. The predicted molar refractivity (Wildman–Crippen MR) is 80.9 cm³/mol. The number of nitrogens with zero attached hydrogens (tertiary/aromatic N) is 3. The van der Waals surface area contributed by atoms with E-state index in [1.54, 1.807) is 11.3 Å². The molecule has 100 valence electrons. The lowest BCUT2D eigenvalue weighted by atomic mass is 10.2. The van der Waals surface area contributed by atoms with Gasteiger partial charge in [0.15, 0.2) is 5.13 Å². The number of benzene rings is 1. The molecule has 1 saturated heterocycles. The predicted octanol–water partition coefficient (Wildman–Crippen LogP) is 1.93. The van der Waals surface area contributed by atoms with Gasteiger partial charge in [0.1, 0.15) is 0 Å². The summed E-state index contributed by atoms with van der Waals surface area (Å²) in [6.07, 6.45) is 0. The quantitative estimate of drug-likeness (QED) is 0.929. The number of thiazole rings is 1. The van der Waals surface area contributed by atoms with Gasteiger partial charge in [-0.3, -0.25) is 0 Å². The molecule has 0 saturated carbocycles. The molecule has 2 N–H and O–H groups in total. The van der Waals surface area contributed by atoms with Gasteiger partial charge in [-0.25, -0.2) is 4.98 Å². The molecule has 5 heteroatoms. The minimum atomic E-state index is 0.528. The number of aromatic nitrogens is 1. The first-order valence-corrected chi connectivity index (χ1v) is 7.44. The molecule has 2 heterocycles. The van der Waals surface area contributed by atoms with Crippen LogP contribution in [0, 0.1) is 0 Å². The zero-order chi connectivity index (χ0) is 13.1. The van der Waals surface area contributed by atoms with Crippen LogP contribution in [0.2, 0.25) is 0 Å². The summed E-state index contributed by atoms with van der Waals surface area (Å²) >= 11 is 1.69. The fourth-order valence-electron chi connectivity index (χ4n) is 2.33. The highest BCUT2D eigenvalue weighted by atomic mass is 32.1. The van der Waals surface area contributed by atoms with Crippen LogP contribution in [0.5, 0.6) is 0 Å². The number of anilines is 2. The molecule has 2 aromatic rings. The first-order valence-electron chi connectivity index (χ1n) is 6.56. The van der Waals surface area contributed by atoms with Crippen LogP contribution in [0.1, 0.15) is 5.69 Å². The van der Waals surface area contributed by atoms with Crippen LogP contribution in [0.15, 0.2) is 35.7 Å². The molecule has 4 nitrogen and oxygen atoms in total. The lowest BCUT2D eigenvalue weighted by Gasteiger charge is -2.36. The monoisotopic (exact) mass is 274 g/mol. The second-order valence-electron chi connectivity index (χ2n) is 4.64. The molecule has 3 rings (SSSR count). The van der Waals surface area contributed by atoms with Crippen molar-refractivity contribution in [1.82, 2.24) is 4.98 Å². The van der Waals surface area contributed by atoms with Gasteiger partial charge in [0.25, 0.3) is 0 Å². The van der Waals surface area contributed by atoms with Crippen molar-refractivity contribution in [1.29, 1.82) is 0 Å². The molecule has 1 aliphatic rings. The Labute approximate surface area is 117 Å². The van der Waals surface area contributed by atoms with E-state index in [4.69, 9.17) is 5.73 Å².